The van der Waals surface area contributed by atoms with E-state index in [9.17, 15) is 0 Å². The molecular weight excluding hydrogens is 282 g/mol. The predicted molar refractivity (Wildman–Crippen MR) is 91.1 cm³/mol. The number of hydrogen-bond donors (Lipinski definition) is 2. The van der Waals surface area contributed by atoms with Crippen molar-refractivity contribution < 1.29 is 0 Å². The number of halogens is 1. The zero-order chi connectivity index (χ0) is 14.7. The Hall–Kier alpha value is -2.26. The summed E-state index contributed by atoms with van der Waals surface area (Å²) in [5, 5.41) is 7.26. The van der Waals surface area contributed by atoms with E-state index in [1.807, 2.05) is 55.6 Å². The summed E-state index contributed by atoms with van der Waals surface area (Å²) in [6, 6.07) is 15.8. The lowest BCUT2D eigenvalue weighted by molar-refractivity contribution is 1.45. The summed E-state index contributed by atoms with van der Waals surface area (Å²) >= 11 is 6.22. The summed E-state index contributed by atoms with van der Waals surface area (Å²) in [5.41, 5.74) is 3.96. The SMILES string of the molecule is CNc1ccccc1NC1=NC(c2ccccc2Cl)=CC1. The van der Waals surface area contributed by atoms with Crippen LogP contribution in [0, 0.1) is 0 Å². The number of para-hydroxylation sites is 2. The van der Waals surface area contributed by atoms with Gasteiger partial charge in [0.25, 0.3) is 0 Å². The Labute approximate surface area is 129 Å². The second-order valence-electron chi connectivity index (χ2n) is 4.75. The van der Waals surface area contributed by atoms with Crippen LogP contribution < -0.4 is 10.6 Å². The first kappa shape index (κ1) is 13.7. The third kappa shape index (κ3) is 2.93. The first-order valence-corrected chi connectivity index (χ1v) is 7.22. The fraction of sp³-hybridized carbons (Fsp3) is 0.118. The molecule has 0 radical (unpaired) electrons. The summed E-state index contributed by atoms with van der Waals surface area (Å²) in [7, 11) is 1.91. The minimum atomic E-state index is 0.726. The zero-order valence-electron chi connectivity index (χ0n) is 11.7. The maximum absolute atomic E-state index is 6.22. The number of nitrogens with one attached hydrogen (secondary N) is 2. The van der Waals surface area contributed by atoms with Crippen molar-refractivity contribution in [1.82, 2.24) is 0 Å². The highest BCUT2D eigenvalue weighted by Crippen LogP contribution is 2.29. The molecular formula is C17H16ClN3. The molecule has 0 spiro atoms. The number of anilines is 2. The molecule has 21 heavy (non-hydrogen) atoms. The van der Waals surface area contributed by atoms with Gasteiger partial charge < -0.3 is 10.6 Å². The lowest BCUT2D eigenvalue weighted by atomic mass is 10.1. The van der Waals surface area contributed by atoms with Crippen molar-refractivity contribution >= 4 is 34.5 Å². The second-order valence-corrected chi connectivity index (χ2v) is 5.16. The monoisotopic (exact) mass is 297 g/mol. The molecule has 0 unspecified atom stereocenters. The Morgan fingerprint density at radius 1 is 1.00 bits per heavy atom. The minimum absolute atomic E-state index is 0.726. The normalized spacial score (nSPS) is 13.6. The van der Waals surface area contributed by atoms with Crippen molar-refractivity contribution in [2.45, 2.75) is 6.42 Å². The molecule has 106 valence electrons. The van der Waals surface area contributed by atoms with Gasteiger partial charge in [-0.25, -0.2) is 4.99 Å². The van der Waals surface area contributed by atoms with Crippen LogP contribution in [0.15, 0.2) is 59.6 Å². The van der Waals surface area contributed by atoms with E-state index in [0.29, 0.717) is 0 Å². The van der Waals surface area contributed by atoms with Crippen molar-refractivity contribution in [3.05, 3.63) is 65.2 Å². The summed E-state index contributed by atoms with van der Waals surface area (Å²) in [6.07, 6.45) is 2.87. The molecule has 2 N–H and O–H groups in total. The number of amidine groups is 1. The van der Waals surface area contributed by atoms with E-state index in [4.69, 9.17) is 11.6 Å². The van der Waals surface area contributed by atoms with Gasteiger partial charge in [-0.3, -0.25) is 0 Å². The smallest absolute Gasteiger partial charge is 0.111 e. The molecule has 1 aliphatic rings. The Bertz CT molecular complexity index is 719. The molecule has 3 nitrogen and oxygen atoms in total. The van der Waals surface area contributed by atoms with Crippen LogP contribution in [0.1, 0.15) is 12.0 Å². The van der Waals surface area contributed by atoms with E-state index in [0.717, 1.165) is 39.9 Å². The molecule has 2 aromatic rings. The molecule has 0 atom stereocenters. The molecule has 4 heteroatoms. The number of aliphatic imine (C=N–C) groups is 1. The van der Waals surface area contributed by atoms with E-state index in [-0.39, 0.29) is 0 Å². The average molecular weight is 298 g/mol. The van der Waals surface area contributed by atoms with Gasteiger partial charge in [-0.15, -0.1) is 0 Å². The predicted octanol–water partition coefficient (Wildman–Crippen LogP) is 4.64. The summed E-state index contributed by atoms with van der Waals surface area (Å²) in [5.74, 6) is 0.924. The molecule has 1 aliphatic heterocycles. The van der Waals surface area contributed by atoms with Crippen molar-refractivity contribution in [1.29, 1.82) is 0 Å². The van der Waals surface area contributed by atoms with Crippen LogP contribution in [0.3, 0.4) is 0 Å². The minimum Gasteiger partial charge on any atom is -0.386 e. The van der Waals surface area contributed by atoms with Crippen molar-refractivity contribution in [2.24, 2.45) is 4.99 Å². The highest BCUT2D eigenvalue weighted by molar-refractivity contribution is 6.32. The highest BCUT2D eigenvalue weighted by Gasteiger charge is 2.13. The third-order valence-electron chi connectivity index (χ3n) is 3.37. The first-order chi connectivity index (χ1) is 10.3. The largest absolute Gasteiger partial charge is 0.386 e. The van der Waals surface area contributed by atoms with Crippen LogP contribution in [-0.2, 0) is 0 Å². The average Bonchev–Trinajstić information content (AvgIpc) is 2.96. The Kier molecular flexibility index (Phi) is 3.93. The standard InChI is InChI=1S/C17H16ClN3/c1-19-15-8-4-5-9-16(15)21-17-11-10-14(20-17)12-6-2-3-7-13(12)18/h2-10,19H,11H2,1H3,(H,20,21). The summed E-state index contributed by atoms with van der Waals surface area (Å²) < 4.78 is 0. The quantitative estimate of drug-likeness (QED) is 0.866. The van der Waals surface area contributed by atoms with Crippen LogP contribution in [-0.4, -0.2) is 12.9 Å². The molecule has 0 fully saturated rings. The number of benzene rings is 2. The Morgan fingerprint density at radius 2 is 1.71 bits per heavy atom. The second kappa shape index (κ2) is 6.02. The Morgan fingerprint density at radius 3 is 2.48 bits per heavy atom. The fourth-order valence-corrected chi connectivity index (χ4v) is 2.55. The molecule has 0 saturated heterocycles. The molecule has 2 aromatic carbocycles. The van der Waals surface area contributed by atoms with Gasteiger partial charge in [0.1, 0.15) is 5.84 Å². The van der Waals surface area contributed by atoms with Crippen molar-refractivity contribution in [3.8, 4) is 0 Å². The molecule has 0 amide bonds. The van der Waals surface area contributed by atoms with E-state index in [1.165, 1.54) is 0 Å². The number of rotatable bonds is 3. The van der Waals surface area contributed by atoms with Gasteiger partial charge in [0, 0.05) is 24.1 Å². The van der Waals surface area contributed by atoms with Gasteiger partial charge in [-0.1, -0.05) is 48.0 Å². The summed E-state index contributed by atoms with van der Waals surface area (Å²) in [6.45, 7) is 0. The molecule has 0 bridgehead atoms. The lowest BCUT2D eigenvalue weighted by Crippen LogP contribution is -2.10. The van der Waals surface area contributed by atoms with E-state index < -0.39 is 0 Å². The van der Waals surface area contributed by atoms with Gasteiger partial charge in [-0.05, 0) is 18.2 Å². The molecule has 0 aliphatic carbocycles. The maximum Gasteiger partial charge on any atom is 0.111 e. The van der Waals surface area contributed by atoms with E-state index in [1.54, 1.807) is 0 Å². The van der Waals surface area contributed by atoms with Crippen LogP contribution in [0.2, 0.25) is 5.02 Å². The van der Waals surface area contributed by atoms with Crippen molar-refractivity contribution in [2.75, 3.05) is 17.7 Å². The van der Waals surface area contributed by atoms with Gasteiger partial charge in [0.05, 0.1) is 17.1 Å². The van der Waals surface area contributed by atoms with Crippen LogP contribution >= 0.6 is 11.6 Å². The Balaban J connectivity index is 1.81. The van der Waals surface area contributed by atoms with Crippen LogP contribution in [0.5, 0.6) is 0 Å². The van der Waals surface area contributed by atoms with Gasteiger partial charge >= 0.3 is 0 Å². The number of hydrogen-bond acceptors (Lipinski definition) is 3. The lowest BCUT2D eigenvalue weighted by Gasteiger charge is -2.11. The maximum atomic E-state index is 6.22. The number of nitrogens with zero attached hydrogens (tertiary/aromatic N) is 1. The van der Waals surface area contributed by atoms with E-state index >= 15 is 0 Å². The van der Waals surface area contributed by atoms with Crippen LogP contribution in [0.4, 0.5) is 11.4 Å². The fourth-order valence-electron chi connectivity index (χ4n) is 2.31. The van der Waals surface area contributed by atoms with Gasteiger partial charge in [-0.2, -0.15) is 0 Å². The van der Waals surface area contributed by atoms with Gasteiger partial charge in [0.15, 0.2) is 0 Å². The van der Waals surface area contributed by atoms with Crippen LogP contribution in [0.25, 0.3) is 5.70 Å². The summed E-state index contributed by atoms with van der Waals surface area (Å²) in [4.78, 5) is 4.64. The highest BCUT2D eigenvalue weighted by atomic mass is 35.5. The van der Waals surface area contributed by atoms with Gasteiger partial charge in [0.2, 0.25) is 0 Å². The topological polar surface area (TPSA) is 36.4 Å². The van der Waals surface area contributed by atoms with Crippen molar-refractivity contribution in [3.63, 3.8) is 0 Å². The third-order valence-corrected chi connectivity index (χ3v) is 3.70. The van der Waals surface area contributed by atoms with E-state index in [2.05, 4.69) is 21.7 Å². The molecule has 1 heterocycles. The zero-order valence-corrected chi connectivity index (χ0v) is 12.5. The molecule has 0 saturated carbocycles. The molecule has 0 aromatic heterocycles. The first-order valence-electron chi connectivity index (χ1n) is 6.84. The molecule has 3 rings (SSSR count).